The Morgan fingerprint density at radius 3 is 2.50 bits per heavy atom. The van der Waals surface area contributed by atoms with Gasteiger partial charge in [-0.1, -0.05) is 18.5 Å². The van der Waals surface area contributed by atoms with E-state index in [-0.39, 0.29) is 28.2 Å². The van der Waals surface area contributed by atoms with Crippen molar-refractivity contribution in [3.8, 4) is 0 Å². The van der Waals surface area contributed by atoms with Gasteiger partial charge in [-0.3, -0.25) is 19.7 Å². The molecule has 0 aliphatic rings. The standard InChI is InChI=1S/C14H18ClN3O4/c1-4-8(2)16-13(19)9(3)17-14(20)10-5-6-11(15)12(7-10)18(21)22/h5-9H,4H2,1-3H3,(H,16,19)(H,17,20). The van der Waals surface area contributed by atoms with E-state index in [9.17, 15) is 19.7 Å². The van der Waals surface area contributed by atoms with Gasteiger partial charge < -0.3 is 10.6 Å². The zero-order chi connectivity index (χ0) is 16.9. The Labute approximate surface area is 133 Å². The van der Waals surface area contributed by atoms with Gasteiger partial charge in [0.1, 0.15) is 11.1 Å². The van der Waals surface area contributed by atoms with Crippen molar-refractivity contribution in [1.82, 2.24) is 10.6 Å². The number of halogens is 1. The summed E-state index contributed by atoms with van der Waals surface area (Å²) in [6, 6.07) is 2.97. The molecule has 0 saturated carbocycles. The van der Waals surface area contributed by atoms with Crippen LogP contribution in [0, 0.1) is 10.1 Å². The van der Waals surface area contributed by atoms with Crippen LogP contribution in [0.3, 0.4) is 0 Å². The lowest BCUT2D eigenvalue weighted by Gasteiger charge is -2.17. The molecule has 2 atom stereocenters. The number of carbonyl (C=O) groups excluding carboxylic acids is 2. The summed E-state index contributed by atoms with van der Waals surface area (Å²) in [6.45, 7) is 5.33. The van der Waals surface area contributed by atoms with Crippen LogP contribution < -0.4 is 10.6 Å². The first-order valence-electron chi connectivity index (χ1n) is 6.81. The van der Waals surface area contributed by atoms with Crippen LogP contribution in [0.15, 0.2) is 18.2 Å². The first kappa shape index (κ1) is 17.9. The molecule has 0 aromatic heterocycles. The molecule has 0 radical (unpaired) electrons. The number of rotatable bonds is 6. The maximum atomic E-state index is 12.0. The van der Waals surface area contributed by atoms with Crippen molar-refractivity contribution in [3.05, 3.63) is 38.9 Å². The van der Waals surface area contributed by atoms with E-state index in [4.69, 9.17) is 11.6 Å². The lowest BCUT2D eigenvalue weighted by Crippen LogP contribution is -2.47. The molecule has 1 rings (SSSR count). The molecule has 0 bridgehead atoms. The van der Waals surface area contributed by atoms with E-state index in [0.29, 0.717) is 0 Å². The molecular weight excluding hydrogens is 310 g/mol. The molecule has 8 heteroatoms. The molecule has 2 unspecified atom stereocenters. The van der Waals surface area contributed by atoms with E-state index >= 15 is 0 Å². The third kappa shape index (κ3) is 4.70. The van der Waals surface area contributed by atoms with Gasteiger partial charge in [-0.15, -0.1) is 0 Å². The molecule has 0 fully saturated rings. The SMILES string of the molecule is CCC(C)NC(=O)C(C)NC(=O)c1ccc(Cl)c([N+](=O)[O-])c1. The monoisotopic (exact) mass is 327 g/mol. The van der Waals surface area contributed by atoms with Crippen molar-refractivity contribution in [3.63, 3.8) is 0 Å². The molecule has 0 aliphatic heterocycles. The highest BCUT2D eigenvalue weighted by molar-refractivity contribution is 6.32. The lowest BCUT2D eigenvalue weighted by molar-refractivity contribution is -0.384. The predicted octanol–water partition coefficient (Wildman–Crippen LogP) is 2.28. The number of nitrogens with one attached hydrogen (secondary N) is 2. The summed E-state index contributed by atoms with van der Waals surface area (Å²) in [6.07, 6.45) is 0.774. The van der Waals surface area contributed by atoms with Gasteiger partial charge in [0.25, 0.3) is 11.6 Å². The Balaban J connectivity index is 2.79. The number of nitro benzene ring substituents is 1. The van der Waals surface area contributed by atoms with E-state index in [1.54, 1.807) is 6.92 Å². The van der Waals surface area contributed by atoms with Gasteiger partial charge in [-0.25, -0.2) is 0 Å². The zero-order valence-electron chi connectivity index (χ0n) is 12.6. The van der Waals surface area contributed by atoms with Gasteiger partial charge in [0.05, 0.1) is 4.92 Å². The number of carbonyl (C=O) groups is 2. The van der Waals surface area contributed by atoms with Crippen molar-refractivity contribution >= 4 is 29.1 Å². The van der Waals surface area contributed by atoms with E-state index in [1.165, 1.54) is 12.1 Å². The predicted molar refractivity (Wildman–Crippen MR) is 82.9 cm³/mol. The second-order valence-electron chi connectivity index (χ2n) is 4.94. The molecule has 0 spiro atoms. The molecule has 2 amide bonds. The van der Waals surface area contributed by atoms with E-state index in [1.807, 2.05) is 13.8 Å². The van der Waals surface area contributed by atoms with Gasteiger partial charge in [-0.2, -0.15) is 0 Å². The number of amides is 2. The van der Waals surface area contributed by atoms with E-state index < -0.39 is 16.9 Å². The average Bonchev–Trinajstić information content (AvgIpc) is 2.46. The van der Waals surface area contributed by atoms with Gasteiger partial charge >= 0.3 is 0 Å². The molecule has 0 aliphatic carbocycles. The molecule has 1 aromatic rings. The summed E-state index contributed by atoms with van der Waals surface area (Å²) in [7, 11) is 0. The van der Waals surface area contributed by atoms with Gasteiger partial charge in [0.15, 0.2) is 0 Å². The Morgan fingerprint density at radius 1 is 1.32 bits per heavy atom. The first-order valence-corrected chi connectivity index (χ1v) is 7.19. The minimum absolute atomic E-state index is 0.00321. The smallest absolute Gasteiger partial charge is 0.288 e. The molecule has 0 saturated heterocycles. The summed E-state index contributed by atoms with van der Waals surface area (Å²) < 4.78 is 0. The van der Waals surface area contributed by atoms with Crippen molar-refractivity contribution in [2.45, 2.75) is 39.3 Å². The van der Waals surface area contributed by atoms with E-state index in [2.05, 4.69) is 10.6 Å². The Kier molecular flexibility index (Phi) is 6.30. The highest BCUT2D eigenvalue weighted by Gasteiger charge is 2.20. The number of nitrogens with zero attached hydrogens (tertiary/aromatic N) is 1. The largest absolute Gasteiger partial charge is 0.352 e. The van der Waals surface area contributed by atoms with Crippen LogP contribution >= 0.6 is 11.6 Å². The zero-order valence-corrected chi connectivity index (χ0v) is 13.3. The second-order valence-corrected chi connectivity index (χ2v) is 5.34. The molecule has 1 aromatic carbocycles. The maximum absolute atomic E-state index is 12.0. The highest BCUT2D eigenvalue weighted by atomic mass is 35.5. The minimum atomic E-state index is -0.753. The molecule has 0 heterocycles. The van der Waals surface area contributed by atoms with Crippen LogP contribution in [0.5, 0.6) is 0 Å². The van der Waals surface area contributed by atoms with Crippen LogP contribution in [0.2, 0.25) is 5.02 Å². The molecular formula is C14H18ClN3O4. The fraction of sp³-hybridized carbons (Fsp3) is 0.429. The first-order chi connectivity index (χ1) is 10.3. The summed E-state index contributed by atoms with van der Waals surface area (Å²) in [5, 5.41) is 16.0. The van der Waals surface area contributed by atoms with Gasteiger partial charge in [0, 0.05) is 17.7 Å². The average molecular weight is 328 g/mol. The molecule has 7 nitrogen and oxygen atoms in total. The summed E-state index contributed by atoms with van der Waals surface area (Å²) >= 11 is 5.69. The van der Waals surface area contributed by atoms with Crippen LogP contribution in [-0.2, 0) is 4.79 Å². The van der Waals surface area contributed by atoms with Crippen molar-refractivity contribution in [2.24, 2.45) is 0 Å². The van der Waals surface area contributed by atoms with Crippen molar-refractivity contribution in [2.75, 3.05) is 0 Å². The molecule has 120 valence electrons. The molecule has 22 heavy (non-hydrogen) atoms. The Bertz CT molecular complexity index is 591. The van der Waals surface area contributed by atoms with Crippen LogP contribution in [-0.4, -0.2) is 28.8 Å². The van der Waals surface area contributed by atoms with Gasteiger partial charge in [0.2, 0.25) is 5.91 Å². The van der Waals surface area contributed by atoms with Crippen LogP contribution in [0.4, 0.5) is 5.69 Å². The maximum Gasteiger partial charge on any atom is 0.288 e. The number of benzene rings is 1. The van der Waals surface area contributed by atoms with Gasteiger partial charge in [-0.05, 0) is 32.4 Å². The fourth-order valence-corrected chi connectivity index (χ4v) is 1.80. The summed E-state index contributed by atoms with van der Waals surface area (Å²) in [5.74, 6) is -0.891. The fourth-order valence-electron chi connectivity index (χ4n) is 1.61. The second kappa shape index (κ2) is 7.74. The third-order valence-electron chi connectivity index (χ3n) is 3.15. The van der Waals surface area contributed by atoms with Crippen molar-refractivity contribution in [1.29, 1.82) is 0 Å². The van der Waals surface area contributed by atoms with E-state index in [0.717, 1.165) is 12.5 Å². The highest BCUT2D eigenvalue weighted by Crippen LogP contribution is 2.25. The van der Waals surface area contributed by atoms with Crippen molar-refractivity contribution < 1.29 is 14.5 Å². The summed E-state index contributed by atoms with van der Waals surface area (Å²) in [5.41, 5.74) is -0.287. The Morgan fingerprint density at radius 2 is 1.95 bits per heavy atom. The third-order valence-corrected chi connectivity index (χ3v) is 3.47. The number of nitro groups is 1. The Hall–Kier alpha value is -2.15. The number of hydrogen-bond acceptors (Lipinski definition) is 4. The summed E-state index contributed by atoms with van der Waals surface area (Å²) in [4.78, 5) is 34.0. The molecule has 2 N–H and O–H groups in total. The topological polar surface area (TPSA) is 101 Å². The van der Waals surface area contributed by atoms with Crippen LogP contribution in [0.1, 0.15) is 37.6 Å². The quantitative estimate of drug-likeness (QED) is 0.618. The van der Waals surface area contributed by atoms with Crippen LogP contribution in [0.25, 0.3) is 0 Å². The normalized spacial score (nSPS) is 13.1. The minimum Gasteiger partial charge on any atom is -0.352 e. The lowest BCUT2D eigenvalue weighted by atomic mass is 10.1. The number of hydrogen-bond donors (Lipinski definition) is 2.